The standard InChI is InChI=1S/C23H27N5O7/c1-2-34-23(33)19(10-15-5-3-8-18(9-15)35-13-21(30)31)28-20(29)12-25-22(32)16-6-4-7-17(11-16)26-14-27-24/h3-9,11,14,19H,2,10,12-13,24H2,1H3,(H,25,32)(H,26,27)(H,28,29)(H,30,31). The van der Waals surface area contributed by atoms with Crippen molar-refractivity contribution < 1.29 is 33.8 Å². The number of carboxylic acids is 1. The minimum Gasteiger partial charge on any atom is -0.482 e. The van der Waals surface area contributed by atoms with Crippen LogP contribution in [0.15, 0.2) is 53.6 Å². The lowest BCUT2D eigenvalue weighted by atomic mass is 10.1. The summed E-state index contributed by atoms with van der Waals surface area (Å²) in [5.74, 6) is 2.48. The Kier molecular flexibility index (Phi) is 10.5. The summed E-state index contributed by atoms with van der Waals surface area (Å²) in [6.07, 6.45) is 1.33. The highest BCUT2D eigenvalue weighted by atomic mass is 16.5. The van der Waals surface area contributed by atoms with E-state index in [2.05, 4.69) is 21.1 Å². The number of hydrazone groups is 1. The van der Waals surface area contributed by atoms with Gasteiger partial charge in [-0.2, -0.15) is 5.10 Å². The van der Waals surface area contributed by atoms with Crippen LogP contribution in [0.3, 0.4) is 0 Å². The van der Waals surface area contributed by atoms with Crippen LogP contribution in [-0.4, -0.2) is 61.0 Å². The predicted molar refractivity (Wildman–Crippen MR) is 127 cm³/mol. The van der Waals surface area contributed by atoms with Crippen molar-refractivity contribution >= 4 is 35.8 Å². The first kappa shape index (κ1) is 26.6. The molecule has 0 aliphatic rings. The van der Waals surface area contributed by atoms with Gasteiger partial charge in [0.2, 0.25) is 5.91 Å². The maximum atomic E-state index is 12.5. The fourth-order valence-electron chi connectivity index (χ4n) is 2.95. The van der Waals surface area contributed by atoms with Gasteiger partial charge in [0.1, 0.15) is 18.1 Å². The summed E-state index contributed by atoms with van der Waals surface area (Å²) < 4.78 is 10.2. The molecule has 0 aromatic heterocycles. The first-order valence-corrected chi connectivity index (χ1v) is 10.6. The Bertz CT molecular complexity index is 1070. The van der Waals surface area contributed by atoms with Gasteiger partial charge in [0.05, 0.1) is 13.2 Å². The summed E-state index contributed by atoms with van der Waals surface area (Å²) in [4.78, 5) is 48.0. The van der Waals surface area contributed by atoms with Crippen LogP contribution >= 0.6 is 0 Å². The van der Waals surface area contributed by atoms with Crippen molar-refractivity contribution in [2.24, 2.45) is 10.9 Å². The highest BCUT2D eigenvalue weighted by molar-refractivity contribution is 5.98. The monoisotopic (exact) mass is 485 g/mol. The first-order valence-electron chi connectivity index (χ1n) is 10.6. The fraction of sp³-hybridized carbons (Fsp3) is 0.261. The van der Waals surface area contributed by atoms with Crippen LogP contribution in [0, 0.1) is 0 Å². The Morgan fingerprint density at radius 2 is 1.91 bits per heavy atom. The van der Waals surface area contributed by atoms with Crippen molar-refractivity contribution in [2.75, 3.05) is 25.1 Å². The number of nitrogens with two attached hydrogens (primary N) is 1. The SMILES string of the molecule is CCOC(=O)C(Cc1cccc(OCC(=O)O)c1)NC(=O)CNC(=O)c1cccc(NC=NN)c1. The average molecular weight is 485 g/mol. The van der Waals surface area contributed by atoms with Crippen molar-refractivity contribution in [1.29, 1.82) is 0 Å². The van der Waals surface area contributed by atoms with Crippen LogP contribution < -0.4 is 26.5 Å². The zero-order chi connectivity index (χ0) is 25.6. The van der Waals surface area contributed by atoms with E-state index >= 15 is 0 Å². The summed E-state index contributed by atoms with van der Waals surface area (Å²) in [5.41, 5.74) is 1.49. The van der Waals surface area contributed by atoms with Gasteiger partial charge >= 0.3 is 11.9 Å². The molecule has 6 N–H and O–H groups in total. The van der Waals surface area contributed by atoms with Gasteiger partial charge in [-0.05, 0) is 42.8 Å². The Morgan fingerprint density at radius 3 is 2.63 bits per heavy atom. The zero-order valence-electron chi connectivity index (χ0n) is 19.0. The van der Waals surface area contributed by atoms with Crippen molar-refractivity contribution in [3.05, 3.63) is 59.7 Å². The molecule has 1 atom stereocenters. The second kappa shape index (κ2) is 13.8. The highest BCUT2D eigenvalue weighted by Crippen LogP contribution is 2.15. The van der Waals surface area contributed by atoms with Crippen LogP contribution in [0.4, 0.5) is 5.69 Å². The molecule has 0 heterocycles. The van der Waals surface area contributed by atoms with Crippen LogP contribution in [0.2, 0.25) is 0 Å². The zero-order valence-corrected chi connectivity index (χ0v) is 19.0. The molecular weight excluding hydrogens is 458 g/mol. The van der Waals surface area contributed by atoms with E-state index in [9.17, 15) is 19.2 Å². The number of nitrogens with zero attached hydrogens (tertiary/aromatic N) is 1. The molecule has 0 aliphatic heterocycles. The number of rotatable bonds is 13. The molecule has 12 heteroatoms. The predicted octanol–water partition coefficient (Wildman–Crippen LogP) is 0.484. The molecular formula is C23H27N5O7. The van der Waals surface area contributed by atoms with Crippen LogP contribution in [0.25, 0.3) is 0 Å². The lowest BCUT2D eigenvalue weighted by Gasteiger charge is -2.18. The van der Waals surface area contributed by atoms with Crippen LogP contribution in [-0.2, 0) is 25.5 Å². The van der Waals surface area contributed by atoms with E-state index in [0.717, 1.165) is 0 Å². The van der Waals surface area contributed by atoms with Gasteiger partial charge in [-0.3, -0.25) is 9.59 Å². The number of nitrogens with one attached hydrogen (secondary N) is 3. The van der Waals surface area contributed by atoms with Gasteiger partial charge in [0.25, 0.3) is 5.91 Å². The van der Waals surface area contributed by atoms with Gasteiger partial charge in [0, 0.05) is 17.7 Å². The lowest BCUT2D eigenvalue weighted by Crippen LogP contribution is -2.47. The number of aliphatic carboxylic acids is 1. The smallest absolute Gasteiger partial charge is 0.341 e. The lowest BCUT2D eigenvalue weighted by molar-refractivity contribution is -0.147. The summed E-state index contributed by atoms with van der Waals surface area (Å²) in [6.45, 7) is 0.863. The molecule has 12 nitrogen and oxygen atoms in total. The van der Waals surface area contributed by atoms with Crippen LogP contribution in [0.5, 0.6) is 5.75 Å². The normalized spacial score (nSPS) is 11.3. The number of carboxylic acid groups (broad SMARTS) is 1. The number of amides is 2. The Hall–Kier alpha value is -4.61. The summed E-state index contributed by atoms with van der Waals surface area (Å²) in [6, 6.07) is 11.9. The Morgan fingerprint density at radius 1 is 1.14 bits per heavy atom. The van der Waals surface area contributed by atoms with E-state index in [4.69, 9.17) is 20.4 Å². The number of ether oxygens (including phenoxy) is 2. The minimum atomic E-state index is -1.12. The molecule has 0 saturated carbocycles. The van der Waals surface area contributed by atoms with Gasteiger partial charge in [0.15, 0.2) is 6.61 Å². The first-order chi connectivity index (χ1) is 16.8. The van der Waals surface area contributed by atoms with E-state index in [1.807, 2.05) is 0 Å². The third-order valence-electron chi connectivity index (χ3n) is 4.45. The molecule has 0 spiro atoms. The maximum Gasteiger partial charge on any atom is 0.341 e. The van der Waals surface area contributed by atoms with E-state index < -0.39 is 36.4 Å². The van der Waals surface area contributed by atoms with Crippen molar-refractivity contribution in [3.63, 3.8) is 0 Å². The summed E-state index contributed by atoms with van der Waals surface area (Å²) >= 11 is 0. The van der Waals surface area contributed by atoms with E-state index in [1.165, 1.54) is 6.34 Å². The third kappa shape index (κ3) is 9.42. The quantitative estimate of drug-likeness (QED) is 0.0886. The molecule has 0 aliphatic carbocycles. The summed E-state index contributed by atoms with van der Waals surface area (Å²) in [5, 5.41) is 19.9. The van der Waals surface area contributed by atoms with Gasteiger partial charge in [-0.1, -0.05) is 18.2 Å². The Balaban J connectivity index is 2.00. The molecule has 2 rings (SSSR count). The van der Waals surface area contributed by atoms with Crippen molar-refractivity contribution in [3.8, 4) is 5.75 Å². The number of esters is 1. The number of carbonyl (C=O) groups is 4. The molecule has 0 saturated heterocycles. The summed E-state index contributed by atoms with van der Waals surface area (Å²) in [7, 11) is 0. The average Bonchev–Trinajstić information content (AvgIpc) is 2.85. The molecule has 0 fully saturated rings. The van der Waals surface area contributed by atoms with E-state index in [1.54, 1.807) is 55.5 Å². The molecule has 2 amide bonds. The number of anilines is 1. The number of hydrogen-bond acceptors (Lipinski definition) is 8. The fourth-order valence-corrected chi connectivity index (χ4v) is 2.95. The maximum absolute atomic E-state index is 12.5. The van der Waals surface area contributed by atoms with Crippen molar-refractivity contribution in [2.45, 2.75) is 19.4 Å². The highest BCUT2D eigenvalue weighted by Gasteiger charge is 2.23. The molecule has 2 aromatic carbocycles. The molecule has 35 heavy (non-hydrogen) atoms. The van der Waals surface area contributed by atoms with E-state index in [-0.39, 0.29) is 19.6 Å². The van der Waals surface area contributed by atoms with Gasteiger partial charge < -0.3 is 36.4 Å². The van der Waals surface area contributed by atoms with Gasteiger partial charge in [-0.25, -0.2) is 9.59 Å². The van der Waals surface area contributed by atoms with Gasteiger partial charge in [-0.15, -0.1) is 0 Å². The molecule has 0 bridgehead atoms. The molecule has 0 radical (unpaired) electrons. The topological polar surface area (TPSA) is 181 Å². The number of hydrogen-bond donors (Lipinski definition) is 5. The number of carbonyl (C=O) groups excluding carboxylic acids is 3. The molecule has 1 unspecified atom stereocenters. The second-order valence-electron chi connectivity index (χ2n) is 7.09. The largest absolute Gasteiger partial charge is 0.482 e. The van der Waals surface area contributed by atoms with Crippen molar-refractivity contribution in [1.82, 2.24) is 10.6 Å². The van der Waals surface area contributed by atoms with Crippen LogP contribution in [0.1, 0.15) is 22.8 Å². The Labute approximate surface area is 201 Å². The molecule has 186 valence electrons. The van der Waals surface area contributed by atoms with E-state index in [0.29, 0.717) is 22.6 Å². The minimum absolute atomic E-state index is 0.0687. The molecule has 2 aromatic rings. The third-order valence-corrected chi connectivity index (χ3v) is 4.45. The number of benzene rings is 2. The second-order valence-corrected chi connectivity index (χ2v) is 7.09.